The van der Waals surface area contributed by atoms with E-state index in [1.165, 1.54) is 21.6 Å². The van der Waals surface area contributed by atoms with Gasteiger partial charge in [-0.3, -0.25) is 0 Å². The van der Waals surface area contributed by atoms with E-state index in [0.717, 1.165) is 22.4 Å². The first-order valence-electron chi connectivity index (χ1n) is 8.61. The zero-order chi connectivity index (χ0) is 17.7. The normalized spacial score (nSPS) is 21.0. The van der Waals surface area contributed by atoms with E-state index in [1.807, 2.05) is 6.07 Å². The van der Waals surface area contributed by atoms with Gasteiger partial charge in [-0.2, -0.15) is 5.10 Å². The molecule has 0 radical (unpaired) electrons. The van der Waals surface area contributed by atoms with E-state index in [4.69, 9.17) is 9.84 Å². The van der Waals surface area contributed by atoms with Crippen LogP contribution in [0.3, 0.4) is 0 Å². The Kier molecular flexibility index (Phi) is 3.87. The number of rotatable bonds is 2. The van der Waals surface area contributed by atoms with Gasteiger partial charge in [-0.15, -0.1) is 11.3 Å². The van der Waals surface area contributed by atoms with Crippen molar-refractivity contribution >= 4 is 33.0 Å². The summed E-state index contributed by atoms with van der Waals surface area (Å²) in [7, 11) is 0. The topological polar surface area (TPSA) is 24.8 Å². The molecule has 5 rings (SSSR count). The summed E-state index contributed by atoms with van der Waals surface area (Å²) in [5.41, 5.74) is 4.76. The Morgan fingerprint density at radius 1 is 1.15 bits per heavy atom. The minimum absolute atomic E-state index is 0.170. The number of benzene rings is 2. The van der Waals surface area contributed by atoms with Crippen molar-refractivity contribution in [3.63, 3.8) is 0 Å². The molecule has 5 heteroatoms. The summed E-state index contributed by atoms with van der Waals surface area (Å²) in [6.07, 6.45) is 0.717. The number of thiophene rings is 1. The molecule has 0 fully saturated rings. The van der Waals surface area contributed by atoms with Gasteiger partial charge < -0.3 is 4.74 Å². The summed E-state index contributed by atoms with van der Waals surface area (Å²) in [5.74, 6) is 0.952. The lowest BCUT2D eigenvalue weighted by molar-refractivity contribution is -0.0166. The molecule has 0 saturated heterocycles. The van der Waals surface area contributed by atoms with Crippen molar-refractivity contribution in [2.75, 3.05) is 0 Å². The standard InChI is InChI=1S/C21H17BrN2OS/c1-13-4-6-14(7-5-13)17-12-18-16-11-15(22)8-9-19(16)25-21(24(18)23-17)20-3-2-10-26-20/h2-11,18,21H,12H2,1H3/t18-,21-/m0/s1. The molecule has 3 heterocycles. The monoisotopic (exact) mass is 424 g/mol. The molecule has 2 aliphatic heterocycles. The van der Waals surface area contributed by atoms with E-state index in [2.05, 4.69) is 81.8 Å². The maximum atomic E-state index is 6.36. The maximum absolute atomic E-state index is 6.36. The Balaban J connectivity index is 1.60. The third-order valence-corrected chi connectivity index (χ3v) is 6.32. The second kappa shape index (κ2) is 6.25. The van der Waals surface area contributed by atoms with E-state index in [9.17, 15) is 0 Å². The van der Waals surface area contributed by atoms with Crippen LogP contribution in [0.25, 0.3) is 0 Å². The second-order valence-electron chi connectivity index (χ2n) is 6.68. The smallest absolute Gasteiger partial charge is 0.222 e. The fraction of sp³-hybridized carbons (Fsp3) is 0.190. The van der Waals surface area contributed by atoms with Crippen molar-refractivity contribution in [2.45, 2.75) is 25.6 Å². The third-order valence-electron chi connectivity index (χ3n) is 4.92. The van der Waals surface area contributed by atoms with Gasteiger partial charge in [0.2, 0.25) is 6.23 Å². The minimum atomic E-state index is -0.170. The van der Waals surface area contributed by atoms with E-state index in [1.54, 1.807) is 11.3 Å². The molecule has 0 bridgehead atoms. The van der Waals surface area contributed by atoms with E-state index in [-0.39, 0.29) is 12.3 Å². The zero-order valence-corrected chi connectivity index (χ0v) is 16.6. The Morgan fingerprint density at radius 3 is 2.77 bits per heavy atom. The van der Waals surface area contributed by atoms with Gasteiger partial charge in [0.15, 0.2) is 0 Å². The van der Waals surface area contributed by atoms with Crippen molar-refractivity contribution in [1.29, 1.82) is 0 Å². The fourth-order valence-electron chi connectivity index (χ4n) is 3.60. The van der Waals surface area contributed by atoms with Gasteiger partial charge in [-0.25, -0.2) is 5.01 Å². The summed E-state index contributed by atoms with van der Waals surface area (Å²) in [4.78, 5) is 1.18. The quantitative estimate of drug-likeness (QED) is 0.499. The SMILES string of the molecule is Cc1ccc(C2=NN3[C@@H](C2)c2cc(Br)ccc2O[C@H]3c2cccs2)cc1. The second-order valence-corrected chi connectivity index (χ2v) is 8.58. The lowest BCUT2D eigenvalue weighted by Gasteiger charge is -2.37. The van der Waals surface area contributed by atoms with Gasteiger partial charge >= 0.3 is 0 Å². The zero-order valence-electron chi connectivity index (χ0n) is 14.2. The van der Waals surface area contributed by atoms with Crippen LogP contribution in [-0.4, -0.2) is 10.7 Å². The van der Waals surface area contributed by atoms with Crippen LogP contribution in [0, 0.1) is 6.92 Å². The Labute approximate surface area is 165 Å². The molecule has 2 aliphatic rings. The maximum Gasteiger partial charge on any atom is 0.222 e. The number of nitrogens with zero attached hydrogens (tertiary/aromatic N) is 2. The summed E-state index contributed by atoms with van der Waals surface area (Å²) in [5, 5.41) is 9.22. The van der Waals surface area contributed by atoms with Crippen LogP contribution < -0.4 is 4.74 Å². The molecule has 130 valence electrons. The molecular formula is C21H17BrN2OS. The lowest BCUT2D eigenvalue weighted by atomic mass is 9.96. The minimum Gasteiger partial charge on any atom is -0.464 e. The molecule has 3 aromatic rings. The highest BCUT2D eigenvalue weighted by Crippen LogP contribution is 2.48. The molecule has 26 heavy (non-hydrogen) atoms. The summed E-state index contributed by atoms with van der Waals surface area (Å²) in [6.45, 7) is 2.11. The highest BCUT2D eigenvalue weighted by Gasteiger charge is 2.41. The van der Waals surface area contributed by atoms with Crippen LogP contribution in [0.5, 0.6) is 5.75 Å². The van der Waals surface area contributed by atoms with Crippen LogP contribution >= 0.6 is 27.3 Å². The molecule has 2 aromatic carbocycles. The first kappa shape index (κ1) is 16.1. The molecule has 1 aromatic heterocycles. The number of hydrogen-bond donors (Lipinski definition) is 0. The van der Waals surface area contributed by atoms with Gasteiger partial charge in [-0.05, 0) is 42.1 Å². The molecule has 0 amide bonds. The number of hydrogen-bond acceptors (Lipinski definition) is 4. The lowest BCUT2D eigenvalue weighted by Crippen LogP contribution is -2.33. The van der Waals surface area contributed by atoms with Crippen LogP contribution in [-0.2, 0) is 0 Å². The van der Waals surface area contributed by atoms with Crippen molar-refractivity contribution in [2.24, 2.45) is 5.10 Å². The third kappa shape index (κ3) is 2.66. The summed E-state index contributed by atoms with van der Waals surface area (Å²) in [6, 6.07) is 19.2. The number of halogens is 1. The van der Waals surface area contributed by atoms with Crippen LogP contribution in [0.1, 0.15) is 40.3 Å². The predicted octanol–water partition coefficient (Wildman–Crippen LogP) is 6.06. The summed E-state index contributed by atoms with van der Waals surface area (Å²) >= 11 is 5.31. The average molecular weight is 425 g/mol. The highest BCUT2D eigenvalue weighted by atomic mass is 79.9. The molecule has 0 N–H and O–H groups in total. The molecule has 0 aliphatic carbocycles. The predicted molar refractivity (Wildman–Crippen MR) is 109 cm³/mol. The molecule has 0 saturated carbocycles. The van der Waals surface area contributed by atoms with Crippen molar-refractivity contribution in [1.82, 2.24) is 5.01 Å². The van der Waals surface area contributed by atoms with Crippen molar-refractivity contribution in [3.8, 4) is 5.75 Å². The van der Waals surface area contributed by atoms with Crippen LogP contribution in [0.4, 0.5) is 0 Å². The largest absolute Gasteiger partial charge is 0.464 e. The Morgan fingerprint density at radius 2 is 2.00 bits per heavy atom. The average Bonchev–Trinajstić information content (AvgIpc) is 3.32. The number of hydrazone groups is 1. The van der Waals surface area contributed by atoms with Gasteiger partial charge in [0.25, 0.3) is 0 Å². The molecular weight excluding hydrogens is 408 g/mol. The number of ether oxygens (including phenoxy) is 1. The van der Waals surface area contributed by atoms with Crippen molar-refractivity contribution in [3.05, 3.63) is 86.0 Å². The van der Waals surface area contributed by atoms with E-state index in [0.29, 0.717) is 0 Å². The molecule has 2 atom stereocenters. The highest BCUT2D eigenvalue weighted by molar-refractivity contribution is 9.10. The first-order valence-corrected chi connectivity index (χ1v) is 10.3. The van der Waals surface area contributed by atoms with Crippen molar-refractivity contribution < 1.29 is 4.74 Å². The van der Waals surface area contributed by atoms with Gasteiger partial charge in [0.05, 0.1) is 16.6 Å². The molecule has 0 spiro atoms. The molecule has 0 unspecified atom stereocenters. The van der Waals surface area contributed by atoms with Gasteiger partial charge in [0.1, 0.15) is 5.75 Å². The Hall–Kier alpha value is -2.11. The molecule has 3 nitrogen and oxygen atoms in total. The Bertz CT molecular complexity index is 982. The summed E-state index contributed by atoms with van der Waals surface area (Å²) < 4.78 is 7.42. The number of aryl methyl sites for hydroxylation is 1. The fourth-order valence-corrected chi connectivity index (χ4v) is 4.72. The van der Waals surface area contributed by atoms with E-state index >= 15 is 0 Å². The number of fused-ring (bicyclic) bond motifs is 3. The van der Waals surface area contributed by atoms with Crippen LogP contribution in [0.2, 0.25) is 0 Å². The first-order chi connectivity index (χ1) is 12.7. The van der Waals surface area contributed by atoms with Crippen LogP contribution in [0.15, 0.2) is 69.6 Å². The van der Waals surface area contributed by atoms with Gasteiger partial charge in [-0.1, -0.05) is 51.8 Å². The van der Waals surface area contributed by atoms with E-state index < -0.39 is 0 Å². The van der Waals surface area contributed by atoms with Gasteiger partial charge in [0, 0.05) is 16.5 Å².